The second-order valence-corrected chi connectivity index (χ2v) is 7.04. The average Bonchev–Trinajstić information content (AvgIpc) is 3.18. The van der Waals surface area contributed by atoms with Crippen molar-refractivity contribution in [1.29, 1.82) is 0 Å². The van der Waals surface area contributed by atoms with Gasteiger partial charge in [-0.1, -0.05) is 24.6 Å². The van der Waals surface area contributed by atoms with Crippen LogP contribution in [0.5, 0.6) is 0 Å². The van der Waals surface area contributed by atoms with E-state index in [9.17, 15) is 4.79 Å². The molecule has 22 heavy (non-hydrogen) atoms. The molecule has 2 aliphatic heterocycles. The van der Waals surface area contributed by atoms with E-state index in [1.165, 1.54) is 24.1 Å². The van der Waals surface area contributed by atoms with E-state index in [0.29, 0.717) is 6.10 Å². The monoisotopic (exact) mass is 300 g/mol. The van der Waals surface area contributed by atoms with Crippen molar-refractivity contribution in [2.75, 3.05) is 25.1 Å². The number of carbonyl (C=O) groups excluding carboxylic acids is 1. The maximum absolute atomic E-state index is 12.7. The number of para-hydroxylation sites is 1. The summed E-state index contributed by atoms with van der Waals surface area (Å²) < 4.78 is 5.85. The quantitative estimate of drug-likeness (QED) is 0.930. The highest BCUT2D eigenvalue weighted by Gasteiger charge is 2.47. The van der Waals surface area contributed by atoms with Gasteiger partial charge in [0.05, 0.1) is 6.10 Å². The first kappa shape index (κ1) is 14.1. The van der Waals surface area contributed by atoms with Crippen LogP contribution in [0.15, 0.2) is 24.3 Å². The van der Waals surface area contributed by atoms with Crippen LogP contribution in [0, 0.1) is 5.41 Å². The van der Waals surface area contributed by atoms with Gasteiger partial charge in [-0.2, -0.15) is 0 Å². The summed E-state index contributed by atoms with van der Waals surface area (Å²) >= 11 is 0. The molecule has 118 valence electrons. The Morgan fingerprint density at radius 1 is 1.41 bits per heavy atom. The summed E-state index contributed by atoms with van der Waals surface area (Å²) in [5.74, 6) is 0.158. The van der Waals surface area contributed by atoms with Gasteiger partial charge in [-0.15, -0.1) is 0 Å². The van der Waals surface area contributed by atoms with Crippen LogP contribution in [0.1, 0.15) is 31.2 Å². The molecule has 1 aromatic rings. The maximum Gasteiger partial charge on any atom is 0.243 e. The summed E-state index contributed by atoms with van der Waals surface area (Å²) in [4.78, 5) is 14.8. The van der Waals surface area contributed by atoms with Gasteiger partial charge >= 0.3 is 0 Å². The zero-order valence-electron chi connectivity index (χ0n) is 13.2. The van der Waals surface area contributed by atoms with Crippen LogP contribution in [0.3, 0.4) is 0 Å². The average molecular weight is 300 g/mol. The number of carbonyl (C=O) groups is 1. The first-order chi connectivity index (χ1) is 10.7. The number of hydrogen-bond donors (Lipinski definition) is 1. The summed E-state index contributed by atoms with van der Waals surface area (Å²) in [6.07, 6.45) is 5.86. The molecule has 0 spiro atoms. The minimum Gasteiger partial charge on any atom is -0.378 e. The van der Waals surface area contributed by atoms with Crippen molar-refractivity contribution in [1.82, 2.24) is 5.32 Å². The van der Waals surface area contributed by atoms with Crippen LogP contribution in [-0.4, -0.2) is 38.3 Å². The third-order valence-electron chi connectivity index (χ3n) is 5.91. The van der Waals surface area contributed by atoms with Gasteiger partial charge in [-0.25, -0.2) is 0 Å². The van der Waals surface area contributed by atoms with Gasteiger partial charge in [-0.3, -0.25) is 4.79 Å². The molecule has 1 amide bonds. The number of fused-ring (bicyclic) bond motifs is 2. The Hall–Kier alpha value is -1.55. The Bertz CT molecular complexity index is 576. The van der Waals surface area contributed by atoms with Crippen molar-refractivity contribution in [3.8, 4) is 0 Å². The molecule has 0 bridgehead atoms. The fraction of sp³-hybridized carbons (Fsp3) is 0.611. The van der Waals surface area contributed by atoms with E-state index in [1.807, 2.05) is 19.2 Å². The molecular weight excluding hydrogens is 276 g/mol. The SMILES string of the molecule is CN1c2ccccc2CC1C(=O)NC[C@]12CCC[C@H]1OCC2. The molecule has 4 nitrogen and oxygen atoms in total. The van der Waals surface area contributed by atoms with E-state index in [4.69, 9.17) is 4.74 Å². The van der Waals surface area contributed by atoms with Crippen molar-refractivity contribution < 1.29 is 9.53 Å². The predicted octanol–water partition coefficient (Wildman–Crippen LogP) is 2.12. The molecule has 1 unspecified atom stereocenters. The van der Waals surface area contributed by atoms with E-state index >= 15 is 0 Å². The van der Waals surface area contributed by atoms with Gasteiger partial charge in [0.1, 0.15) is 6.04 Å². The van der Waals surface area contributed by atoms with Crippen molar-refractivity contribution in [3.63, 3.8) is 0 Å². The number of nitrogens with one attached hydrogen (secondary N) is 1. The predicted molar refractivity (Wildman–Crippen MR) is 86.0 cm³/mol. The molecule has 4 heteroatoms. The Morgan fingerprint density at radius 2 is 2.27 bits per heavy atom. The van der Waals surface area contributed by atoms with Gasteiger partial charge in [0, 0.05) is 37.7 Å². The molecule has 0 aromatic heterocycles. The topological polar surface area (TPSA) is 41.6 Å². The zero-order chi connectivity index (χ0) is 15.2. The molecule has 0 radical (unpaired) electrons. The van der Waals surface area contributed by atoms with Crippen molar-refractivity contribution in [2.24, 2.45) is 5.41 Å². The summed E-state index contributed by atoms with van der Waals surface area (Å²) in [6, 6.07) is 8.23. The number of rotatable bonds is 3. The zero-order valence-corrected chi connectivity index (χ0v) is 13.2. The number of benzene rings is 1. The maximum atomic E-state index is 12.7. The molecule has 2 heterocycles. The number of likely N-dealkylation sites (N-methyl/N-ethyl adjacent to an activating group) is 1. The Morgan fingerprint density at radius 3 is 3.14 bits per heavy atom. The lowest BCUT2D eigenvalue weighted by Gasteiger charge is -2.29. The van der Waals surface area contributed by atoms with Crippen molar-refractivity contribution in [3.05, 3.63) is 29.8 Å². The number of amides is 1. The van der Waals surface area contributed by atoms with Gasteiger partial charge < -0.3 is 15.0 Å². The molecule has 4 rings (SSSR count). The van der Waals surface area contributed by atoms with Gasteiger partial charge in [0.25, 0.3) is 0 Å². The van der Waals surface area contributed by atoms with Crippen LogP contribution >= 0.6 is 0 Å². The number of nitrogens with zero attached hydrogens (tertiary/aromatic N) is 1. The normalized spacial score (nSPS) is 32.9. The first-order valence-electron chi connectivity index (χ1n) is 8.40. The van der Waals surface area contributed by atoms with Crippen LogP contribution in [-0.2, 0) is 16.0 Å². The fourth-order valence-corrected chi connectivity index (χ4v) is 4.54. The smallest absolute Gasteiger partial charge is 0.243 e. The van der Waals surface area contributed by atoms with Crippen LogP contribution in [0.2, 0.25) is 0 Å². The first-order valence-corrected chi connectivity index (χ1v) is 8.40. The molecular formula is C18H24N2O2. The molecule has 1 aliphatic carbocycles. The third kappa shape index (κ3) is 2.12. The lowest BCUT2D eigenvalue weighted by molar-refractivity contribution is -0.122. The number of ether oxygens (including phenoxy) is 1. The van der Waals surface area contributed by atoms with E-state index in [0.717, 1.165) is 32.4 Å². The third-order valence-corrected chi connectivity index (χ3v) is 5.91. The molecule has 3 aliphatic rings. The standard InChI is InChI=1S/C18H24N2O2/c1-20-14-6-3-2-5-13(14)11-15(20)17(21)19-12-18-8-4-7-16(18)22-10-9-18/h2-3,5-6,15-16H,4,7-12H2,1H3,(H,19,21)/t15?,16-,18-/m1/s1. The lowest BCUT2D eigenvalue weighted by atomic mass is 9.82. The fourth-order valence-electron chi connectivity index (χ4n) is 4.54. The van der Waals surface area contributed by atoms with Crippen molar-refractivity contribution in [2.45, 2.75) is 44.2 Å². The second kappa shape index (κ2) is 5.27. The van der Waals surface area contributed by atoms with E-state index in [2.05, 4.69) is 22.3 Å². The molecule has 3 atom stereocenters. The highest BCUT2D eigenvalue weighted by atomic mass is 16.5. The summed E-state index contributed by atoms with van der Waals surface area (Å²) in [6.45, 7) is 1.63. The van der Waals surface area contributed by atoms with Gasteiger partial charge in [0.15, 0.2) is 0 Å². The molecule has 1 N–H and O–H groups in total. The minimum absolute atomic E-state index is 0.0732. The van der Waals surface area contributed by atoms with Gasteiger partial charge in [0.2, 0.25) is 5.91 Å². The Labute approximate surface area is 131 Å². The van der Waals surface area contributed by atoms with E-state index in [1.54, 1.807) is 0 Å². The summed E-state index contributed by atoms with van der Waals surface area (Å²) in [7, 11) is 2.02. The summed E-state index contributed by atoms with van der Waals surface area (Å²) in [5, 5.41) is 3.23. The Balaban J connectivity index is 1.42. The van der Waals surface area contributed by atoms with Crippen LogP contribution in [0.25, 0.3) is 0 Å². The van der Waals surface area contributed by atoms with E-state index < -0.39 is 0 Å². The van der Waals surface area contributed by atoms with Gasteiger partial charge in [-0.05, 0) is 30.9 Å². The largest absolute Gasteiger partial charge is 0.378 e. The summed E-state index contributed by atoms with van der Waals surface area (Å²) in [5.41, 5.74) is 2.66. The number of anilines is 1. The Kier molecular flexibility index (Phi) is 3.37. The van der Waals surface area contributed by atoms with Crippen molar-refractivity contribution >= 4 is 11.6 Å². The molecule has 1 aromatic carbocycles. The van der Waals surface area contributed by atoms with E-state index in [-0.39, 0.29) is 17.4 Å². The van der Waals surface area contributed by atoms with Crippen LogP contribution < -0.4 is 10.2 Å². The lowest BCUT2D eigenvalue weighted by Crippen LogP contribution is -2.48. The molecule has 1 saturated heterocycles. The minimum atomic E-state index is -0.0732. The second-order valence-electron chi connectivity index (χ2n) is 7.04. The molecule has 2 fully saturated rings. The highest BCUT2D eigenvalue weighted by molar-refractivity contribution is 5.88. The molecule has 1 saturated carbocycles. The number of hydrogen-bond acceptors (Lipinski definition) is 3. The van der Waals surface area contributed by atoms with Crippen LogP contribution in [0.4, 0.5) is 5.69 Å². The highest BCUT2D eigenvalue weighted by Crippen LogP contribution is 2.46.